The number of hydrogen-bond donors (Lipinski definition) is 2. The summed E-state index contributed by atoms with van der Waals surface area (Å²) in [7, 11) is 0. The van der Waals surface area contributed by atoms with Crippen LogP contribution in [0.25, 0.3) is 39.6 Å². The summed E-state index contributed by atoms with van der Waals surface area (Å²) in [6.07, 6.45) is 2.80. The van der Waals surface area contributed by atoms with Crippen LogP contribution in [0.3, 0.4) is 0 Å². The highest BCUT2D eigenvalue weighted by molar-refractivity contribution is 5.84. The zero-order valence-corrected chi connectivity index (χ0v) is 21.8. The molecular formula is C29H29FN8O. The van der Waals surface area contributed by atoms with Crippen LogP contribution in [0, 0.1) is 5.82 Å². The smallest absolute Gasteiger partial charge is 0.236 e. The molecule has 4 aromatic heterocycles. The summed E-state index contributed by atoms with van der Waals surface area (Å²) >= 11 is 0. The molecule has 1 aliphatic heterocycles. The van der Waals surface area contributed by atoms with Crippen LogP contribution in [0.5, 0.6) is 0 Å². The van der Waals surface area contributed by atoms with Gasteiger partial charge in [0.05, 0.1) is 29.7 Å². The maximum atomic E-state index is 13.4. The first kappa shape index (κ1) is 25.9. The van der Waals surface area contributed by atoms with E-state index in [1.165, 1.54) is 12.3 Å². The van der Waals surface area contributed by atoms with Crippen molar-refractivity contribution >= 4 is 22.9 Å². The quantitative estimate of drug-likeness (QED) is 0.354. The lowest BCUT2D eigenvalue weighted by atomic mass is 10.1. The average Bonchev–Trinajstić information content (AvgIpc) is 3.35. The predicted molar refractivity (Wildman–Crippen MR) is 149 cm³/mol. The molecule has 198 valence electrons. The van der Waals surface area contributed by atoms with E-state index in [1.54, 1.807) is 12.3 Å². The number of nitrogen functional groups attached to an aromatic ring is 1. The molecule has 0 unspecified atom stereocenters. The van der Waals surface area contributed by atoms with Gasteiger partial charge in [0.15, 0.2) is 11.5 Å². The van der Waals surface area contributed by atoms with Gasteiger partial charge in [0.2, 0.25) is 5.91 Å². The van der Waals surface area contributed by atoms with E-state index in [0.29, 0.717) is 59.4 Å². The Labute approximate surface area is 225 Å². The first-order valence-electron chi connectivity index (χ1n) is 12.9. The normalized spacial score (nSPS) is 13.3. The van der Waals surface area contributed by atoms with Crippen LogP contribution in [0.2, 0.25) is 0 Å². The molecule has 5 aromatic rings. The minimum Gasteiger partial charge on any atom is -0.383 e. The number of rotatable bonds is 5. The van der Waals surface area contributed by atoms with Crippen molar-refractivity contribution in [3.8, 4) is 28.5 Å². The molecule has 0 spiro atoms. The fraction of sp³-hybridized carbons (Fsp3) is 0.207. The number of carbonyl (C=O) groups is 1. The van der Waals surface area contributed by atoms with Crippen LogP contribution < -0.4 is 11.1 Å². The zero-order valence-electron chi connectivity index (χ0n) is 21.8. The fourth-order valence-corrected chi connectivity index (χ4v) is 4.44. The lowest BCUT2D eigenvalue weighted by molar-refractivity contribution is -0.132. The van der Waals surface area contributed by atoms with Crippen molar-refractivity contribution in [2.45, 2.75) is 20.4 Å². The van der Waals surface area contributed by atoms with E-state index < -0.39 is 5.82 Å². The van der Waals surface area contributed by atoms with Crippen molar-refractivity contribution in [3.05, 3.63) is 84.4 Å². The Morgan fingerprint density at radius 3 is 2.49 bits per heavy atom. The molecule has 1 aliphatic rings. The van der Waals surface area contributed by atoms with Gasteiger partial charge in [-0.25, -0.2) is 19.3 Å². The molecule has 10 heteroatoms. The van der Waals surface area contributed by atoms with Gasteiger partial charge in [0.1, 0.15) is 17.2 Å². The Morgan fingerprint density at radius 2 is 1.77 bits per heavy atom. The van der Waals surface area contributed by atoms with Gasteiger partial charge in [-0.1, -0.05) is 26.0 Å². The summed E-state index contributed by atoms with van der Waals surface area (Å²) in [5.74, 6) is 0.638. The Morgan fingerprint density at radius 1 is 0.974 bits per heavy atom. The third-order valence-electron chi connectivity index (χ3n) is 6.33. The molecule has 0 aliphatic carbocycles. The topological polar surface area (TPSA) is 115 Å². The first-order valence-corrected chi connectivity index (χ1v) is 12.9. The summed E-state index contributed by atoms with van der Waals surface area (Å²) in [6, 6.07) is 18.2. The van der Waals surface area contributed by atoms with E-state index in [0.717, 1.165) is 17.8 Å². The van der Waals surface area contributed by atoms with Gasteiger partial charge in [-0.15, -0.1) is 0 Å². The molecule has 9 nitrogen and oxygen atoms in total. The van der Waals surface area contributed by atoms with Crippen molar-refractivity contribution < 1.29 is 9.18 Å². The molecule has 6 rings (SSSR count). The number of halogens is 1. The minimum atomic E-state index is -0.410. The number of amides is 1. The second-order valence-corrected chi connectivity index (χ2v) is 8.77. The summed E-state index contributed by atoms with van der Waals surface area (Å²) in [5, 5.41) is 3.09. The van der Waals surface area contributed by atoms with E-state index in [1.807, 2.05) is 71.8 Å². The lowest BCUT2D eigenvalue weighted by Gasteiger charge is -2.27. The monoisotopic (exact) mass is 524 g/mol. The number of hydrogen-bond acceptors (Lipinski definition) is 7. The van der Waals surface area contributed by atoms with Gasteiger partial charge in [0.25, 0.3) is 0 Å². The highest BCUT2D eigenvalue weighted by atomic mass is 19.1. The number of benzene rings is 1. The van der Waals surface area contributed by atoms with Crippen LogP contribution in [0.4, 0.5) is 10.2 Å². The molecule has 5 heterocycles. The van der Waals surface area contributed by atoms with E-state index in [9.17, 15) is 9.18 Å². The van der Waals surface area contributed by atoms with Crippen LogP contribution in [0.15, 0.2) is 73.1 Å². The van der Waals surface area contributed by atoms with Crippen LogP contribution in [0.1, 0.15) is 19.4 Å². The zero-order chi connectivity index (χ0) is 27.4. The Bertz CT molecular complexity index is 1600. The van der Waals surface area contributed by atoms with E-state index in [4.69, 9.17) is 15.7 Å². The fourth-order valence-electron chi connectivity index (χ4n) is 4.44. The second kappa shape index (κ2) is 11.4. The van der Waals surface area contributed by atoms with Gasteiger partial charge in [-0.3, -0.25) is 14.3 Å². The Hall–Kier alpha value is -4.70. The lowest BCUT2D eigenvalue weighted by Crippen LogP contribution is -2.47. The van der Waals surface area contributed by atoms with Crippen LogP contribution >= 0.6 is 0 Å². The standard InChI is InChI=1S/C27H23FN8O.C2H6/c28-18-5-8-21(32-14-18)22-9-10-23-27(33-22)36(26(34-23)20-2-1-11-31-25(20)29)19-6-3-17(4-7-19)16-35-13-12-30-15-24(35)37;1-2/h1-11,14,30H,12-13,15-16H2,(H2,29,31);1-2H3. The molecule has 3 N–H and O–H groups in total. The molecule has 1 amide bonds. The average molecular weight is 525 g/mol. The molecule has 0 bridgehead atoms. The van der Waals surface area contributed by atoms with Crippen molar-refractivity contribution in [2.24, 2.45) is 0 Å². The third kappa shape index (κ3) is 5.32. The number of imidazole rings is 1. The summed E-state index contributed by atoms with van der Waals surface area (Å²) in [4.78, 5) is 32.1. The maximum Gasteiger partial charge on any atom is 0.236 e. The summed E-state index contributed by atoms with van der Waals surface area (Å²) < 4.78 is 15.4. The molecule has 1 fully saturated rings. The number of nitrogens with two attached hydrogens (primary N) is 1. The largest absolute Gasteiger partial charge is 0.383 e. The van der Waals surface area contributed by atoms with Gasteiger partial charge >= 0.3 is 0 Å². The summed E-state index contributed by atoms with van der Waals surface area (Å²) in [6.45, 7) is 6.39. The Balaban J connectivity index is 0.00000151. The number of piperazine rings is 1. The maximum absolute atomic E-state index is 13.4. The van der Waals surface area contributed by atoms with E-state index in [2.05, 4.69) is 15.3 Å². The summed E-state index contributed by atoms with van der Waals surface area (Å²) in [5.41, 5.74) is 11.2. The van der Waals surface area contributed by atoms with E-state index >= 15 is 0 Å². The third-order valence-corrected chi connectivity index (χ3v) is 6.33. The van der Waals surface area contributed by atoms with Crippen molar-refractivity contribution in [3.63, 3.8) is 0 Å². The first-order chi connectivity index (χ1) is 19.1. The van der Waals surface area contributed by atoms with Crippen molar-refractivity contribution in [1.82, 2.24) is 34.7 Å². The van der Waals surface area contributed by atoms with Gasteiger partial charge in [-0.05, 0) is 54.1 Å². The van der Waals surface area contributed by atoms with Gasteiger partial charge in [0, 0.05) is 31.5 Å². The molecule has 1 aromatic carbocycles. The van der Waals surface area contributed by atoms with E-state index in [-0.39, 0.29) is 5.91 Å². The number of aromatic nitrogens is 5. The van der Waals surface area contributed by atoms with Crippen molar-refractivity contribution in [2.75, 3.05) is 25.4 Å². The molecule has 0 saturated carbocycles. The minimum absolute atomic E-state index is 0.0939. The second-order valence-electron chi connectivity index (χ2n) is 8.77. The highest BCUT2D eigenvalue weighted by Crippen LogP contribution is 2.31. The number of carbonyl (C=O) groups excluding carboxylic acids is 1. The number of fused-ring (bicyclic) bond motifs is 1. The number of anilines is 1. The van der Waals surface area contributed by atoms with Gasteiger partial charge in [-0.2, -0.15) is 0 Å². The predicted octanol–water partition coefficient (Wildman–Crippen LogP) is 4.22. The number of pyridine rings is 3. The van der Waals surface area contributed by atoms with Crippen molar-refractivity contribution in [1.29, 1.82) is 0 Å². The molecule has 39 heavy (non-hydrogen) atoms. The number of nitrogens with zero attached hydrogens (tertiary/aromatic N) is 6. The SMILES string of the molecule is CC.Nc1ncccc1-c1nc2ccc(-c3ccc(F)cn3)nc2n1-c1ccc(CN2CCNCC2=O)cc1. The Kier molecular flexibility index (Phi) is 7.55. The van der Waals surface area contributed by atoms with Crippen LogP contribution in [-0.4, -0.2) is 54.9 Å². The van der Waals surface area contributed by atoms with Crippen LogP contribution in [-0.2, 0) is 11.3 Å². The molecule has 0 atom stereocenters. The van der Waals surface area contributed by atoms with Gasteiger partial charge < -0.3 is 16.0 Å². The molecule has 0 radical (unpaired) electrons. The molecule has 1 saturated heterocycles. The molecular weight excluding hydrogens is 495 g/mol. The number of nitrogens with one attached hydrogen (secondary N) is 1. The highest BCUT2D eigenvalue weighted by Gasteiger charge is 2.20.